The fourth-order valence-corrected chi connectivity index (χ4v) is 3.81. The maximum Gasteiger partial charge on any atom is 0.239 e. The van der Waals surface area contributed by atoms with Crippen LogP contribution >= 0.6 is 0 Å². The number of carbonyl (C=O) groups is 2. The molecule has 4 aromatic rings. The zero-order valence-corrected chi connectivity index (χ0v) is 21.0. The van der Waals surface area contributed by atoms with E-state index < -0.39 is 0 Å². The topological polar surface area (TPSA) is 144 Å². The van der Waals surface area contributed by atoms with Crippen molar-refractivity contribution < 1.29 is 9.59 Å². The number of hydrogen-bond donors (Lipinski definition) is 3. The van der Waals surface area contributed by atoms with Gasteiger partial charge in [0.05, 0.1) is 42.1 Å². The standard InChI is InChI=1S/C27H31N9O2/c28-15-26(37)32-16-27(38)31-14-11-21-7-9-25(10-8-21)36-20-24(33-34-36)19-35(17-22-5-1-3-12-29-22)18-23-6-2-4-13-30-23/h1-10,12-13,20H,11,14-19,28H2,(H,31,38)(H,32,37). The molecule has 0 aliphatic heterocycles. The van der Waals surface area contributed by atoms with E-state index in [0.29, 0.717) is 32.6 Å². The molecule has 0 saturated carbocycles. The van der Waals surface area contributed by atoms with Gasteiger partial charge in [-0.3, -0.25) is 24.5 Å². The van der Waals surface area contributed by atoms with Gasteiger partial charge >= 0.3 is 0 Å². The van der Waals surface area contributed by atoms with E-state index >= 15 is 0 Å². The van der Waals surface area contributed by atoms with Crippen LogP contribution in [0.2, 0.25) is 0 Å². The highest BCUT2D eigenvalue weighted by Crippen LogP contribution is 2.13. The monoisotopic (exact) mass is 513 g/mol. The van der Waals surface area contributed by atoms with E-state index in [4.69, 9.17) is 5.73 Å². The zero-order chi connectivity index (χ0) is 26.6. The highest BCUT2D eigenvalue weighted by atomic mass is 16.2. The van der Waals surface area contributed by atoms with E-state index in [0.717, 1.165) is 28.3 Å². The SMILES string of the molecule is NCC(=O)NCC(=O)NCCc1ccc(-n2cc(CN(Cc3ccccn3)Cc3ccccn3)nn2)cc1. The Bertz CT molecular complexity index is 1250. The van der Waals surface area contributed by atoms with Gasteiger partial charge in [-0.05, 0) is 48.4 Å². The van der Waals surface area contributed by atoms with Gasteiger partial charge in [0, 0.05) is 38.6 Å². The molecule has 0 atom stereocenters. The van der Waals surface area contributed by atoms with Crippen molar-refractivity contribution in [3.05, 3.63) is 102 Å². The van der Waals surface area contributed by atoms with Crippen LogP contribution in [0.15, 0.2) is 79.3 Å². The van der Waals surface area contributed by atoms with Gasteiger partial charge in [-0.15, -0.1) is 5.10 Å². The maximum absolute atomic E-state index is 11.8. The van der Waals surface area contributed by atoms with Crippen molar-refractivity contribution in [2.75, 3.05) is 19.6 Å². The molecular weight excluding hydrogens is 482 g/mol. The van der Waals surface area contributed by atoms with E-state index in [1.54, 1.807) is 17.1 Å². The van der Waals surface area contributed by atoms with Crippen molar-refractivity contribution in [1.29, 1.82) is 0 Å². The predicted octanol–water partition coefficient (Wildman–Crippen LogP) is 0.993. The number of nitrogens with two attached hydrogens (primary N) is 1. The lowest BCUT2D eigenvalue weighted by atomic mass is 10.1. The molecule has 196 valence electrons. The largest absolute Gasteiger partial charge is 0.354 e. The lowest BCUT2D eigenvalue weighted by molar-refractivity contribution is -0.125. The molecule has 0 saturated heterocycles. The maximum atomic E-state index is 11.8. The second kappa shape index (κ2) is 13.7. The summed E-state index contributed by atoms with van der Waals surface area (Å²) in [5, 5.41) is 13.9. The minimum atomic E-state index is -0.360. The summed E-state index contributed by atoms with van der Waals surface area (Å²) in [7, 11) is 0. The van der Waals surface area contributed by atoms with Crippen molar-refractivity contribution in [1.82, 2.24) is 40.5 Å². The molecule has 3 heterocycles. The molecule has 2 amide bonds. The van der Waals surface area contributed by atoms with E-state index in [-0.39, 0.29) is 24.9 Å². The number of pyridine rings is 2. The summed E-state index contributed by atoms with van der Waals surface area (Å²) in [5.74, 6) is -0.611. The smallest absolute Gasteiger partial charge is 0.239 e. The van der Waals surface area contributed by atoms with Crippen molar-refractivity contribution >= 4 is 11.8 Å². The Balaban J connectivity index is 1.33. The lowest BCUT2D eigenvalue weighted by Crippen LogP contribution is -2.40. The van der Waals surface area contributed by atoms with Gasteiger partial charge < -0.3 is 16.4 Å². The minimum absolute atomic E-state index is 0.0786. The van der Waals surface area contributed by atoms with Gasteiger partial charge in [0.15, 0.2) is 0 Å². The average Bonchev–Trinajstić information content (AvgIpc) is 3.41. The molecule has 1 aromatic carbocycles. The second-order valence-electron chi connectivity index (χ2n) is 8.69. The molecular formula is C27H31N9O2. The molecule has 11 nitrogen and oxygen atoms in total. The molecule has 0 unspecified atom stereocenters. The number of amides is 2. The second-order valence-corrected chi connectivity index (χ2v) is 8.69. The first-order valence-electron chi connectivity index (χ1n) is 12.4. The molecule has 0 radical (unpaired) electrons. The third kappa shape index (κ3) is 8.29. The molecule has 0 fully saturated rings. The first kappa shape index (κ1) is 26.6. The van der Waals surface area contributed by atoms with Crippen LogP contribution in [0, 0.1) is 0 Å². The van der Waals surface area contributed by atoms with Crippen molar-refractivity contribution in [2.45, 2.75) is 26.1 Å². The zero-order valence-electron chi connectivity index (χ0n) is 21.0. The molecule has 0 bridgehead atoms. The summed E-state index contributed by atoms with van der Waals surface area (Å²) in [6.45, 7) is 2.17. The Morgan fingerprint density at radius 2 is 1.47 bits per heavy atom. The predicted molar refractivity (Wildman–Crippen MR) is 142 cm³/mol. The normalized spacial score (nSPS) is 10.9. The number of nitrogens with zero attached hydrogens (tertiary/aromatic N) is 6. The van der Waals surface area contributed by atoms with E-state index in [1.165, 1.54) is 0 Å². The van der Waals surface area contributed by atoms with E-state index in [2.05, 4.69) is 35.8 Å². The van der Waals surface area contributed by atoms with Crippen LogP contribution in [0.25, 0.3) is 5.69 Å². The van der Waals surface area contributed by atoms with Crippen LogP contribution in [0.5, 0.6) is 0 Å². The van der Waals surface area contributed by atoms with Crippen molar-refractivity contribution in [3.8, 4) is 5.69 Å². The Morgan fingerprint density at radius 3 is 2.08 bits per heavy atom. The first-order chi connectivity index (χ1) is 18.6. The summed E-state index contributed by atoms with van der Waals surface area (Å²) >= 11 is 0. The summed E-state index contributed by atoms with van der Waals surface area (Å²) in [5.41, 5.74) is 9.95. The molecule has 3 aromatic heterocycles. The molecule has 11 heteroatoms. The fraction of sp³-hybridized carbons (Fsp3) is 0.259. The van der Waals surface area contributed by atoms with Gasteiger partial charge in [-0.25, -0.2) is 4.68 Å². The highest BCUT2D eigenvalue weighted by molar-refractivity contribution is 5.85. The number of carbonyl (C=O) groups excluding carboxylic acids is 2. The lowest BCUT2D eigenvalue weighted by Gasteiger charge is -2.20. The van der Waals surface area contributed by atoms with Crippen LogP contribution in [-0.4, -0.2) is 61.3 Å². The number of nitrogens with one attached hydrogen (secondary N) is 2. The molecule has 0 spiro atoms. The van der Waals surface area contributed by atoms with Gasteiger partial charge in [0.25, 0.3) is 0 Å². The number of benzene rings is 1. The highest BCUT2D eigenvalue weighted by Gasteiger charge is 2.13. The Morgan fingerprint density at radius 1 is 0.816 bits per heavy atom. The average molecular weight is 514 g/mol. The number of rotatable bonds is 13. The third-order valence-corrected chi connectivity index (χ3v) is 5.72. The van der Waals surface area contributed by atoms with Crippen LogP contribution in [-0.2, 0) is 35.6 Å². The van der Waals surface area contributed by atoms with Crippen molar-refractivity contribution in [2.24, 2.45) is 5.73 Å². The summed E-state index contributed by atoms with van der Waals surface area (Å²) in [4.78, 5) is 34.1. The van der Waals surface area contributed by atoms with Crippen LogP contribution < -0.4 is 16.4 Å². The summed E-state index contributed by atoms with van der Waals surface area (Å²) < 4.78 is 1.75. The molecule has 0 aliphatic rings. The summed E-state index contributed by atoms with van der Waals surface area (Å²) in [6.07, 6.45) is 6.18. The fourth-order valence-electron chi connectivity index (χ4n) is 3.81. The van der Waals surface area contributed by atoms with Crippen LogP contribution in [0.3, 0.4) is 0 Å². The number of hydrogen-bond acceptors (Lipinski definition) is 8. The Labute approximate surface area is 221 Å². The molecule has 4 N–H and O–H groups in total. The Hall–Kier alpha value is -4.48. The van der Waals surface area contributed by atoms with Gasteiger partial charge in [0.2, 0.25) is 11.8 Å². The summed E-state index contributed by atoms with van der Waals surface area (Å²) in [6, 6.07) is 19.7. The molecule has 38 heavy (non-hydrogen) atoms. The van der Waals surface area contributed by atoms with Gasteiger partial charge in [0.1, 0.15) is 0 Å². The third-order valence-electron chi connectivity index (χ3n) is 5.72. The van der Waals surface area contributed by atoms with Gasteiger partial charge in [-0.1, -0.05) is 29.5 Å². The Kier molecular flexibility index (Phi) is 9.60. The quantitative estimate of drug-likeness (QED) is 0.240. The van der Waals surface area contributed by atoms with Crippen LogP contribution in [0.1, 0.15) is 22.6 Å². The van der Waals surface area contributed by atoms with Crippen molar-refractivity contribution in [3.63, 3.8) is 0 Å². The first-order valence-corrected chi connectivity index (χ1v) is 12.4. The van der Waals surface area contributed by atoms with E-state index in [9.17, 15) is 9.59 Å². The van der Waals surface area contributed by atoms with Crippen LogP contribution in [0.4, 0.5) is 0 Å². The number of aromatic nitrogens is 5. The van der Waals surface area contributed by atoms with E-state index in [1.807, 2.05) is 66.9 Å². The molecule has 4 rings (SSSR count). The molecule has 0 aliphatic carbocycles. The minimum Gasteiger partial charge on any atom is -0.354 e. The van der Waals surface area contributed by atoms with Gasteiger partial charge in [-0.2, -0.15) is 0 Å².